The predicted molar refractivity (Wildman–Crippen MR) is 88.6 cm³/mol. The monoisotopic (exact) mass is 372 g/mol. The highest BCUT2D eigenvalue weighted by Gasteiger charge is 2.32. The predicted octanol–water partition coefficient (Wildman–Crippen LogP) is -0.216. The molecular weight excluding hydrogens is 352 g/mol. The lowest BCUT2D eigenvalue weighted by molar-refractivity contribution is -0.386. The van der Waals surface area contributed by atoms with E-state index in [-0.39, 0.29) is 42.7 Å². The second-order valence-electron chi connectivity index (χ2n) is 5.61. The van der Waals surface area contributed by atoms with Gasteiger partial charge in [-0.15, -0.1) is 0 Å². The minimum Gasteiger partial charge on any atom is -0.490 e. The Kier molecular flexibility index (Phi) is 5.60. The molecule has 25 heavy (non-hydrogen) atoms. The second-order valence-corrected chi connectivity index (χ2v) is 7.55. The van der Waals surface area contributed by atoms with Crippen molar-refractivity contribution in [2.45, 2.75) is 17.9 Å². The van der Waals surface area contributed by atoms with E-state index in [0.717, 1.165) is 6.07 Å². The third-order valence-electron chi connectivity index (χ3n) is 3.92. The number of nitrogens with zero attached hydrogens (tertiary/aromatic N) is 3. The molecule has 1 aromatic rings. The number of rotatable bonds is 5. The first kappa shape index (κ1) is 19.1. The number of piperazine rings is 1. The lowest BCUT2D eigenvalue weighted by Gasteiger charge is -2.34. The minimum absolute atomic E-state index is 0.0173. The molecule has 1 heterocycles. The molecule has 0 spiro atoms. The number of amides is 1. The van der Waals surface area contributed by atoms with Gasteiger partial charge in [0.15, 0.2) is 5.75 Å². The number of carbonyl (C=O) groups excluding carboxylic acids is 1. The number of benzene rings is 1. The van der Waals surface area contributed by atoms with Gasteiger partial charge >= 0.3 is 5.69 Å². The molecule has 1 fully saturated rings. The van der Waals surface area contributed by atoms with Gasteiger partial charge in [0.1, 0.15) is 0 Å². The highest BCUT2D eigenvalue weighted by atomic mass is 32.2. The largest absolute Gasteiger partial charge is 0.490 e. The molecule has 0 bridgehead atoms. The van der Waals surface area contributed by atoms with Crippen LogP contribution in [0, 0.1) is 10.1 Å². The van der Waals surface area contributed by atoms with Gasteiger partial charge in [0.05, 0.1) is 23.0 Å². The standard InChI is InChI=1S/C14H20N4O6S/c1-10(15)14(19)16-5-7-17(8-6-16)25(22,23)11-3-4-13(24-2)12(9-11)18(20)21/h3-4,9-10H,5-8,15H2,1-2H3/t10-/m1/s1. The van der Waals surface area contributed by atoms with Crippen molar-refractivity contribution in [2.24, 2.45) is 5.73 Å². The zero-order valence-electron chi connectivity index (χ0n) is 13.9. The molecule has 1 amide bonds. The Balaban J connectivity index is 2.22. The molecule has 138 valence electrons. The van der Waals surface area contributed by atoms with Gasteiger partial charge in [-0.25, -0.2) is 8.42 Å². The summed E-state index contributed by atoms with van der Waals surface area (Å²) in [5.41, 5.74) is 5.13. The fraction of sp³-hybridized carbons (Fsp3) is 0.500. The van der Waals surface area contributed by atoms with E-state index < -0.39 is 26.7 Å². The highest BCUT2D eigenvalue weighted by molar-refractivity contribution is 7.89. The second kappa shape index (κ2) is 7.33. The Morgan fingerprint density at radius 2 is 1.92 bits per heavy atom. The Labute approximate surface area is 145 Å². The molecule has 0 aliphatic carbocycles. The number of hydrogen-bond acceptors (Lipinski definition) is 7. The van der Waals surface area contributed by atoms with E-state index in [0.29, 0.717) is 0 Å². The summed E-state index contributed by atoms with van der Waals surface area (Å²) in [7, 11) is -2.64. The van der Waals surface area contributed by atoms with E-state index in [1.54, 1.807) is 6.92 Å². The van der Waals surface area contributed by atoms with Crippen LogP contribution in [-0.4, -0.2) is 67.8 Å². The van der Waals surface area contributed by atoms with Crippen LogP contribution in [0.2, 0.25) is 0 Å². The fourth-order valence-corrected chi connectivity index (χ4v) is 4.00. The molecule has 11 heteroatoms. The van der Waals surface area contributed by atoms with E-state index >= 15 is 0 Å². The third-order valence-corrected chi connectivity index (χ3v) is 5.82. The zero-order valence-corrected chi connectivity index (χ0v) is 14.7. The maximum Gasteiger partial charge on any atom is 0.312 e. The molecular formula is C14H20N4O6S. The van der Waals surface area contributed by atoms with Crippen molar-refractivity contribution in [3.8, 4) is 5.75 Å². The van der Waals surface area contributed by atoms with Gasteiger partial charge in [0, 0.05) is 32.2 Å². The Morgan fingerprint density at radius 3 is 2.40 bits per heavy atom. The van der Waals surface area contributed by atoms with Crippen LogP contribution in [0.4, 0.5) is 5.69 Å². The number of nitro groups is 1. The summed E-state index contributed by atoms with van der Waals surface area (Å²) in [5, 5.41) is 11.1. The number of nitro benzene ring substituents is 1. The summed E-state index contributed by atoms with van der Waals surface area (Å²) in [4.78, 5) is 23.6. The molecule has 1 aliphatic rings. The average Bonchev–Trinajstić information content (AvgIpc) is 2.60. The molecule has 1 atom stereocenters. The quantitative estimate of drug-likeness (QED) is 0.557. The van der Waals surface area contributed by atoms with Crippen LogP contribution in [-0.2, 0) is 14.8 Å². The van der Waals surface area contributed by atoms with Crippen LogP contribution >= 0.6 is 0 Å². The van der Waals surface area contributed by atoms with E-state index in [4.69, 9.17) is 10.5 Å². The normalized spacial score (nSPS) is 17.2. The number of nitrogens with two attached hydrogens (primary N) is 1. The average molecular weight is 372 g/mol. The number of ether oxygens (including phenoxy) is 1. The molecule has 1 saturated heterocycles. The summed E-state index contributed by atoms with van der Waals surface area (Å²) < 4.78 is 31.5. The number of carbonyl (C=O) groups is 1. The fourth-order valence-electron chi connectivity index (χ4n) is 2.56. The molecule has 0 unspecified atom stereocenters. The van der Waals surface area contributed by atoms with Crippen molar-refractivity contribution in [2.75, 3.05) is 33.3 Å². The van der Waals surface area contributed by atoms with Gasteiger partial charge in [-0.2, -0.15) is 4.31 Å². The molecule has 2 rings (SSSR count). The van der Waals surface area contributed by atoms with Gasteiger partial charge in [0.2, 0.25) is 15.9 Å². The van der Waals surface area contributed by atoms with Crippen molar-refractivity contribution in [3.63, 3.8) is 0 Å². The van der Waals surface area contributed by atoms with Crippen LogP contribution < -0.4 is 10.5 Å². The van der Waals surface area contributed by atoms with Crippen molar-refractivity contribution in [1.29, 1.82) is 0 Å². The molecule has 10 nitrogen and oxygen atoms in total. The van der Waals surface area contributed by atoms with E-state index in [1.807, 2.05) is 0 Å². The number of hydrogen-bond donors (Lipinski definition) is 1. The Morgan fingerprint density at radius 1 is 1.32 bits per heavy atom. The number of methoxy groups -OCH3 is 1. The Hall–Kier alpha value is -2.24. The molecule has 1 aliphatic heterocycles. The smallest absolute Gasteiger partial charge is 0.312 e. The lowest BCUT2D eigenvalue weighted by Crippen LogP contribution is -2.53. The van der Waals surface area contributed by atoms with Gasteiger partial charge in [-0.1, -0.05) is 0 Å². The van der Waals surface area contributed by atoms with Crippen molar-refractivity contribution < 1.29 is 22.9 Å². The van der Waals surface area contributed by atoms with E-state index in [1.165, 1.54) is 28.4 Å². The van der Waals surface area contributed by atoms with Gasteiger partial charge < -0.3 is 15.4 Å². The third kappa shape index (κ3) is 3.89. The van der Waals surface area contributed by atoms with E-state index in [9.17, 15) is 23.3 Å². The van der Waals surface area contributed by atoms with Crippen LogP contribution in [0.5, 0.6) is 5.75 Å². The van der Waals surface area contributed by atoms with E-state index in [2.05, 4.69) is 0 Å². The first-order chi connectivity index (χ1) is 11.7. The first-order valence-corrected chi connectivity index (χ1v) is 8.99. The van der Waals surface area contributed by atoms with Crippen LogP contribution in [0.15, 0.2) is 23.1 Å². The van der Waals surface area contributed by atoms with Crippen LogP contribution in [0.1, 0.15) is 6.92 Å². The minimum atomic E-state index is -3.91. The van der Waals surface area contributed by atoms with Crippen LogP contribution in [0.25, 0.3) is 0 Å². The van der Waals surface area contributed by atoms with Crippen molar-refractivity contribution in [1.82, 2.24) is 9.21 Å². The summed E-state index contributed by atoms with van der Waals surface area (Å²) in [6, 6.07) is 2.85. The highest BCUT2D eigenvalue weighted by Crippen LogP contribution is 2.30. The molecule has 1 aromatic carbocycles. The molecule has 0 radical (unpaired) electrons. The number of sulfonamides is 1. The van der Waals surface area contributed by atoms with Gasteiger partial charge in [-0.05, 0) is 19.1 Å². The van der Waals surface area contributed by atoms with Crippen LogP contribution in [0.3, 0.4) is 0 Å². The maximum absolute atomic E-state index is 12.7. The lowest BCUT2D eigenvalue weighted by atomic mass is 10.2. The first-order valence-electron chi connectivity index (χ1n) is 7.55. The Bertz CT molecular complexity index is 772. The summed E-state index contributed by atoms with van der Waals surface area (Å²) in [5.74, 6) is -0.256. The maximum atomic E-state index is 12.7. The molecule has 2 N–H and O–H groups in total. The van der Waals surface area contributed by atoms with Crippen molar-refractivity contribution in [3.05, 3.63) is 28.3 Å². The van der Waals surface area contributed by atoms with Gasteiger partial charge in [-0.3, -0.25) is 14.9 Å². The summed E-state index contributed by atoms with van der Waals surface area (Å²) >= 11 is 0. The SMILES string of the molecule is COc1ccc(S(=O)(=O)N2CCN(C(=O)[C@@H](C)N)CC2)cc1[N+](=O)[O-]. The summed E-state index contributed by atoms with van der Waals surface area (Å²) in [6.07, 6.45) is 0. The van der Waals surface area contributed by atoms with Crippen molar-refractivity contribution >= 4 is 21.6 Å². The molecule has 0 aromatic heterocycles. The van der Waals surface area contributed by atoms with Gasteiger partial charge in [0.25, 0.3) is 0 Å². The summed E-state index contributed by atoms with van der Waals surface area (Å²) in [6.45, 7) is 2.21. The zero-order chi connectivity index (χ0) is 18.8. The topological polar surface area (TPSA) is 136 Å². The molecule has 0 saturated carbocycles.